The van der Waals surface area contributed by atoms with Crippen LogP contribution in [0.5, 0.6) is 5.75 Å². The van der Waals surface area contributed by atoms with Gasteiger partial charge in [-0.1, -0.05) is 31.2 Å². The van der Waals surface area contributed by atoms with Gasteiger partial charge >= 0.3 is 0 Å². The Morgan fingerprint density at radius 1 is 1.06 bits per heavy atom. The zero-order valence-electron chi connectivity index (χ0n) is 19.3. The molecule has 0 spiro atoms. The number of ether oxygens (including phenoxy) is 2. The number of benzene rings is 2. The minimum absolute atomic E-state index is 0.111. The molecule has 2 aromatic rings. The van der Waals surface area contributed by atoms with Gasteiger partial charge in [0.25, 0.3) is 11.7 Å². The van der Waals surface area contributed by atoms with Gasteiger partial charge in [-0.05, 0) is 67.0 Å². The van der Waals surface area contributed by atoms with Gasteiger partial charge in [0.2, 0.25) is 0 Å². The van der Waals surface area contributed by atoms with Crippen molar-refractivity contribution in [2.24, 2.45) is 0 Å². The molecular formula is C27H31NO5. The first-order valence-corrected chi connectivity index (χ1v) is 11.7. The summed E-state index contributed by atoms with van der Waals surface area (Å²) in [6.07, 6.45) is 5.14. The number of hydrogen-bond acceptors (Lipinski definition) is 5. The van der Waals surface area contributed by atoms with E-state index >= 15 is 0 Å². The molecule has 0 saturated carbocycles. The van der Waals surface area contributed by atoms with Crippen molar-refractivity contribution in [3.63, 3.8) is 0 Å². The molecule has 1 aliphatic heterocycles. The van der Waals surface area contributed by atoms with E-state index in [1.54, 1.807) is 7.11 Å². The fourth-order valence-corrected chi connectivity index (χ4v) is 4.68. The van der Waals surface area contributed by atoms with Crippen molar-refractivity contribution >= 4 is 17.4 Å². The van der Waals surface area contributed by atoms with E-state index in [9.17, 15) is 14.7 Å². The summed E-state index contributed by atoms with van der Waals surface area (Å²) in [6.45, 7) is 3.13. The Morgan fingerprint density at radius 3 is 2.61 bits per heavy atom. The number of methoxy groups -OCH3 is 1. The SMILES string of the molecule is CCCOc1cccc(C2/C(=C(/O)c3ccc4c(c3)CCCC4)C(=O)C(=O)N2CCOC)c1. The molecule has 1 atom stereocenters. The molecule has 1 N–H and O–H groups in total. The van der Waals surface area contributed by atoms with Gasteiger partial charge in [-0.2, -0.15) is 0 Å². The number of hydrogen-bond donors (Lipinski definition) is 1. The average molecular weight is 450 g/mol. The lowest BCUT2D eigenvalue weighted by Gasteiger charge is -2.25. The molecular weight excluding hydrogens is 418 g/mol. The number of rotatable bonds is 8. The number of Topliss-reactive ketones (excluding diaryl/α,β-unsaturated/α-hetero) is 1. The van der Waals surface area contributed by atoms with E-state index < -0.39 is 17.7 Å². The van der Waals surface area contributed by atoms with E-state index in [0.717, 1.165) is 31.2 Å². The summed E-state index contributed by atoms with van der Waals surface area (Å²) in [5.74, 6) is -0.769. The third kappa shape index (κ3) is 4.67. The predicted octanol–water partition coefficient (Wildman–Crippen LogP) is 4.42. The van der Waals surface area contributed by atoms with Crippen LogP contribution >= 0.6 is 0 Å². The minimum Gasteiger partial charge on any atom is -0.507 e. The summed E-state index contributed by atoms with van der Waals surface area (Å²) in [4.78, 5) is 27.6. The average Bonchev–Trinajstić information content (AvgIpc) is 3.10. The summed E-state index contributed by atoms with van der Waals surface area (Å²) < 4.78 is 11.0. The summed E-state index contributed by atoms with van der Waals surface area (Å²) in [6, 6.07) is 12.5. The number of carbonyl (C=O) groups is 2. The molecule has 1 saturated heterocycles. The summed E-state index contributed by atoms with van der Waals surface area (Å²) in [7, 11) is 1.55. The topological polar surface area (TPSA) is 76.1 Å². The lowest BCUT2D eigenvalue weighted by molar-refractivity contribution is -0.140. The number of ketones is 1. The Bertz CT molecular complexity index is 1070. The van der Waals surface area contributed by atoms with Crippen LogP contribution in [0.25, 0.3) is 5.76 Å². The normalized spacial score (nSPS) is 19.6. The predicted molar refractivity (Wildman–Crippen MR) is 126 cm³/mol. The maximum Gasteiger partial charge on any atom is 0.295 e. The third-order valence-corrected chi connectivity index (χ3v) is 6.34. The van der Waals surface area contributed by atoms with Crippen LogP contribution in [0.4, 0.5) is 0 Å². The zero-order chi connectivity index (χ0) is 23.4. The number of aliphatic hydroxyl groups excluding tert-OH is 1. The number of aliphatic hydroxyl groups is 1. The van der Waals surface area contributed by atoms with Gasteiger partial charge in [0, 0.05) is 19.2 Å². The van der Waals surface area contributed by atoms with Gasteiger partial charge in [-0.3, -0.25) is 9.59 Å². The first-order chi connectivity index (χ1) is 16.0. The number of aryl methyl sites for hydroxylation is 2. The van der Waals surface area contributed by atoms with E-state index in [1.807, 2.05) is 49.4 Å². The number of carbonyl (C=O) groups excluding carboxylic acids is 2. The van der Waals surface area contributed by atoms with E-state index in [2.05, 4.69) is 0 Å². The Hall–Kier alpha value is -3.12. The molecule has 2 aliphatic rings. The molecule has 174 valence electrons. The van der Waals surface area contributed by atoms with E-state index in [4.69, 9.17) is 9.47 Å². The lowest BCUT2D eigenvalue weighted by Crippen LogP contribution is -2.32. The highest BCUT2D eigenvalue weighted by molar-refractivity contribution is 6.46. The van der Waals surface area contributed by atoms with Crippen molar-refractivity contribution in [1.29, 1.82) is 0 Å². The van der Waals surface area contributed by atoms with Crippen molar-refractivity contribution in [2.75, 3.05) is 26.9 Å². The van der Waals surface area contributed by atoms with Crippen LogP contribution in [-0.2, 0) is 27.2 Å². The van der Waals surface area contributed by atoms with Crippen molar-refractivity contribution in [3.8, 4) is 5.75 Å². The van der Waals surface area contributed by atoms with Crippen LogP contribution in [0.3, 0.4) is 0 Å². The van der Waals surface area contributed by atoms with Crippen molar-refractivity contribution in [2.45, 2.75) is 45.1 Å². The van der Waals surface area contributed by atoms with E-state index in [1.165, 1.54) is 22.4 Å². The van der Waals surface area contributed by atoms with Gasteiger partial charge in [0.05, 0.1) is 24.8 Å². The molecule has 33 heavy (non-hydrogen) atoms. The third-order valence-electron chi connectivity index (χ3n) is 6.34. The Labute approximate surface area is 194 Å². The molecule has 4 rings (SSSR count). The van der Waals surface area contributed by atoms with Crippen LogP contribution in [-0.4, -0.2) is 48.6 Å². The second-order valence-corrected chi connectivity index (χ2v) is 8.60. The number of likely N-dealkylation sites (tertiary alicyclic amines) is 1. The standard InChI is InChI=1S/C27H31NO5/c1-3-14-33-22-10-6-9-20(17-22)24-23(26(30)27(31)28(24)13-15-32-2)25(29)21-12-11-18-7-4-5-8-19(18)16-21/h6,9-12,16-17,24,29H,3-5,7-8,13-15H2,1-2H3/b25-23-. The van der Waals surface area contributed by atoms with Crippen molar-refractivity contribution < 1.29 is 24.2 Å². The van der Waals surface area contributed by atoms with E-state index in [-0.39, 0.29) is 24.5 Å². The molecule has 1 heterocycles. The number of amides is 1. The monoisotopic (exact) mass is 449 g/mol. The van der Waals surface area contributed by atoms with Crippen LogP contribution < -0.4 is 4.74 Å². The highest BCUT2D eigenvalue weighted by Gasteiger charge is 2.46. The van der Waals surface area contributed by atoms with Crippen LogP contribution in [0.1, 0.15) is 54.5 Å². The maximum absolute atomic E-state index is 13.1. The largest absolute Gasteiger partial charge is 0.507 e. The van der Waals surface area contributed by atoms with E-state index in [0.29, 0.717) is 17.9 Å². The minimum atomic E-state index is -0.707. The summed E-state index contributed by atoms with van der Waals surface area (Å²) in [5, 5.41) is 11.3. The Morgan fingerprint density at radius 2 is 1.85 bits per heavy atom. The van der Waals surface area contributed by atoms with Crippen molar-refractivity contribution in [3.05, 3.63) is 70.3 Å². The lowest BCUT2D eigenvalue weighted by atomic mass is 9.88. The fourth-order valence-electron chi connectivity index (χ4n) is 4.68. The molecule has 0 bridgehead atoms. The summed E-state index contributed by atoms with van der Waals surface area (Å²) in [5.41, 5.74) is 3.89. The first kappa shape index (κ1) is 23.1. The Kier molecular flexibility index (Phi) is 7.14. The van der Waals surface area contributed by atoms with Gasteiger partial charge < -0.3 is 19.5 Å². The highest BCUT2D eigenvalue weighted by atomic mass is 16.5. The first-order valence-electron chi connectivity index (χ1n) is 11.7. The second kappa shape index (κ2) is 10.2. The van der Waals surface area contributed by atoms with Crippen LogP contribution in [0, 0.1) is 0 Å². The Balaban J connectivity index is 1.80. The molecule has 2 aromatic carbocycles. The van der Waals surface area contributed by atoms with Crippen LogP contribution in [0.2, 0.25) is 0 Å². The maximum atomic E-state index is 13.1. The van der Waals surface area contributed by atoms with Crippen molar-refractivity contribution in [1.82, 2.24) is 4.90 Å². The molecule has 0 aromatic heterocycles. The highest BCUT2D eigenvalue weighted by Crippen LogP contribution is 2.40. The fraction of sp³-hybridized carbons (Fsp3) is 0.407. The number of fused-ring (bicyclic) bond motifs is 1. The van der Waals surface area contributed by atoms with Crippen LogP contribution in [0.15, 0.2) is 48.0 Å². The molecule has 1 amide bonds. The summed E-state index contributed by atoms with van der Waals surface area (Å²) >= 11 is 0. The quantitative estimate of drug-likeness (QED) is 0.367. The molecule has 1 aliphatic carbocycles. The van der Waals surface area contributed by atoms with Gasteiger partial charge in [0.1, 0.15) is 11.5 Å². The molecule has 1 unspecified atom stereocenters. The second-order valence-electron chi connectivity index (χ2n) is 8.60. The molecule has 6 heteroatoms. The van der Waals surface area contributed by atoms with Gasteiger partial charge in [0.15, 0.2) is 0 Å². The zero-order valence-corrected chi connectivity index (χ0v) is 19.3. The molecule has 1 fully saturated rings. The number of nitrogens with zero attached hydrogens (tertiary/aromatic N) is 1. The van der Waals surface area contributed by atoms with Gasteiger partial charge in [-0.15, -0.1) is 0 Å². The molecule has 6 nitrogen and oxygen atoms in total. The smallest absolute Gasteiger partial charge is 0.295 e. The molecule has 0 radical (unpaired) electrons. The van der Waals surface area contributed by atoms with Gasteiger partial charge in [-0.25, -0.2) is 0 Å².